The van der Waals surface area contributed by atoms with Crippen molar-refractivity contribution in [2.75, 3.05) is 6.54 Å². The zero-order valence-electron chi connectivity index (χ0n) is 16.2. The fraction of sp³-hybridized carbons (Fsp3) is 0.208. The van der Waals surface area contributed by atoms with E-state index in [1.165, 1.54) is 12.1 Å². The zero-order chi connectivity index (χ0) is 21.4. The average Bonchev–Trinajstić information content (AvgIpc) is 2.74. The molecule has 1 N–H and O–H groups in total. The Balaban J connectivity index is 1.61. The minimum absolute atomic E-state index is 0.310. The van der Waals surface area contributed by atoms with E-state index in [4.69, 9.17) is 17.0 Å². The third kappa shape index (κ3) is 6.59. The summed E-state index contributed by atoms with van der Waals surface area (Å²) >= 11 is 5.43. The van der Waals surface area contributed by atoms with Gasteiger partial charge in [0.15, 0.2) is 0 Å². The van der Waals surface area contributed by atoms with Crippen LogP contribution in [0.5, 0.6) is 5.75 Å². The van der Waals surface area contributed by atoms with E-state index in [1.807, 2.05) is 60.7 Å². The molecule has 0 saturated carbocycles. The van der Waals surface area contributed by atoms with Crippen LogP contribution in [0.15, 0.2) is 84.9 Å². The minimum Gasteiger partial charge on any atom is -0.486 e. The van der Waals surface area contributed by atoms with Crippen molar-refractivity contribution in [2.45, 2.75) is 25.1 Å². The first kappa shape index (κ1) is 21.8. The normalized spacial score (nSPS) is 12.2. The molecule has 2 nitrogen and oxygen atoms in total. The van der Waals surface area contributed by atoms with Crippen LogP contribution in [-0.4, -0.2) is 11.5 Å². The number of alkyl halides is 3. The lowest BCUT2D eigenvalue weighted by Crippen LogP contribution is -2.26. The molecule has 156 valence electrons. The van der Waals surface area contributed by atoms with Crippen molar-refractivity contribution in [1.82, 2.24) is 5.32 Å². The molecule has 0 spiro atoms. The summed E-state index contributed by atoms with van der Waals surface area (Å²) < 4.78 is 44.4. The number of thiocarbonyl (C=S) groups is 1. The quantitative estimate of drug-likeness (QED) is 0.420. The third-order valence-electron chi connectivity index (χ3n) is 4.57. The van der Waals surface area contributed by atoms with Crippen LogP contribution in [0.25, 0.3) is 0 Å². The highest BCUT2D eigenvalue weighted by Gasteiger charge is 2.30. The summed E-state index contributed by atoms with van der Waals surface area (Å²) in [5.74, 6) is 0.392. The van der Waals surface area contributed by atoms with Gasteiger partial charge in [-0.2, -0.15) is 13.2 Å². The maximum Gasteiger partial charge on any atom is 0.416 e. The second-order valence-corrected chi connectivity index (χ2v) is 7.33. The number of ether oxygens (including phenoxy) is 1. The van der Waals surface area contributed by atoms with E-state index in [9.17, 15) is 13.2 Å². The largest absolute Gasteiger partial charge is 0.486 e. The SMILES string of the molecule is FC(F)(F)c1ccc(OC(CCNC(=S)Cc2ccccc2)c2ccccc2)cc1. The van der Waals surface area contributed by atoms with Gasteiger partial charge in [-0.15, -0.1) is 0 Å². The van der Waals surface area contributed by atoms with Gasteiger partial charge in [0, 0.05) is 19.4 Å². The number of hydrogen-bond acceptors (Lipinski definition) is 2. The lowest BCUT2D eigenvalue weighted by molar-refractivity contribution is -0.137. The third-order valence-corrected chi connectivity index (χ3v) is 4.86. The lowest BCUT2D eigenvalue weighted by Gasteiger charge is -2.21. The summed E-state index contributed by atoms with van der Waals surface area (Å²) in [6, 6.07) is 24.3. The van der Waals surface area contributed by atoms with Crippen LogP contribution in [0.1, 0.15) is 29.2 Å². The predicted molar refractivity (Wildman–Crippen MR) is 117 cm³/mol. The van der Waals surface area contributed by atoms with Gasteiger partial charge in [-0.3, -0.25) is 0 Å². The van der Waals surface area contributed by atoms with Gasteiger partial charge in [0.25, 0.3) is 0 Å². The molecule has 6 heteroatoms. The molecule has 3 aromatic rings. The number of nitrogens with one attached hydrogen (secondary N) is 1. The second kappa shape index (κ2) is 10.3. The van der Waals surface area contributed by atoms with E-state index >= 15 is 0 Å². The zero-order valence-corrected chi connectivity index (χ0v) is 17.0. The molecular weight excluding hydrogens is 407 g/mol. The monoisotopic (exact) mass is 429 g/mol. The minimum atomic E-state index is -4.37. The smallest absolute Gasteiger partial charge is 0.416 e. The first-order chi connectivity index (χ1) is 14.4. The van der Waals surface area contributed by atoms with E-state index < -0.39 is 11.7 Å². The maximum atomic E-state index is 12.8. The van der Waals surface area contributed by atoms with E-state index in [0.29, 0.717) is 25.1 Å². The van der Waals surface area contributed by atoms with Crippen molar-refractivity contribution in [3.63, 3.8) is 0 Å². The van der Waals surface area contributed by atoms with Crippen LogP contribution in [0, 0.1) is 0 Å². The van der Waals surface area contributed by atoms with Crippen molar-refractivity contribution in [3.8, 4) is 5.75 Å². The molecule has 0 aliphatic carbocycles. The molecule has 0 fully saturated rings. The summed E-state index contributed by atoms with van der Waals surface area (Å²) in [5.41, 5.74) is 1.39. The van der Waals surface area contributed by atoms with Crippen LogP contribution >= 0.6 is 12.2 Å². The van der Waals surface area contributed by atoms with Crippen molar-refractivity contribution >= 4 is 17.2 Å². The van der Waals surface area contributed by atoms with Crippen molar-refractivity contribution in [2.24, 2.45) is 0 Å². The first-order valence-corrected chi connectivity index (χ1v) is 10.0. The van der Waals surface area contributed by atoms with Crippen LogP contribution < -0.4 is 10.1 Å². The van der Waals surface area contributed by atoms with Gasteiger partial charge in [0.2, 0.25) is 0 Å². The predicted octanol–water partition coefficient (Wildman–Crippen LogP) is 6.38. The summed E-state index contributed by atoms with van der Waals surface area (Å²) in [6.07, 6.45) is -3.41. The maximum absolute atomic E-state index is 12.8. The summed E-state index contributed by atoms with van der Waals surface area (Å²) in [4.78, 5) is 0.738. The lowest BCUT2D eigenvalue weighted by atomic mass is 10.1. The molecule has 0 radical (unpaired) electrons. The Labute approximate surface area is 179 Å². The molecular formula is C24H22F3NOS. The van der Waals surface area contributed by atoms with Crippen LogP contribution in [0.4, 0.5) is 13.2 Å². The molecule has 30 heavy (non-hydrogen) atoms. The molecule has 0 amide bonds. The Kier molecular flexibility index (Phi) is 7.46. The van der Waals surface area contributed by atoms with Crippen molar-refractivity contribution in [3.05, 3.63) is 102 Å². The van der Waals surface area contributed by atoms with Crippen LogP contribution in [-0.2, 0) is 12.6 Å². The highest BCUT2D eigenvalue weighted by Crippen LogP contribution is 2.31. The standard InChI is InChI=1S/C24H22F3NOS/c25-24(26,27)20-11-13-21(14-12-20)29-22(19-9-5-2-6-10-19)15-16-28-23(30)17-18-7-3-1-4-8-18/h1-14,22H,15-17H2,(H,28,30). The molecule has 1 unspecified atom stereocenters. The first-order valence-electron chi connectivity index (χ1n) is 9.61. The van der Waals surface area contributed by atoms with Gasteiger partial charge in [-0.25, -0.2) is 0 Å². The number of rotatable bonds is 8. The van der Waals surface area contributed by atoms with Gasteiger partial charge in [-0.05, 0) is 35.4 Å². The molecule has 0 bridgehead atoms. The van der Waals surface area contributed by atoms with E-state index in [2.05, 4.69) is 5.32 Å². The van der Waals surface area contributed by atoms with Gasteiger partial charge in [-0.1, -0.05) is 72.9 Å². The van der Waals surface area contributed by atoms with Gasteiger partial charge in [0.1, 0.15) is 11.9 Å². The van der Waals surface area contributed by atoms with Crippen molar-refractivity contribution < 1.29 is 17.9 Å². The number of halogens is 3. The Morgan fingerprint density at radius 2 is 1.47 bits per heavy atom. The fourth-order valence-corrected chi connectivity index (χ4v) is 3.30. The number of benzene rings is 3. The number of hydrogen-bond donors (Lipinski definition) is 1. The summed E-state index contributed by atoms with van der Waals surface area (Å²) in [6.45, 7) is 0.589. The molecule has 3 aromatic carbocycles. The Morgan fingerprint density at radius 3 is 2.07 bits per heavy atom. The Morgan fingerprint density at radius 1 is 0.867 bits per heavy atom. The van der Waals surface area contributed by atoms with Gasteiger partial charge < -0.3 is 10.1 Å². The van der Waals surface area contributed by atoms with Crippen LogP contribution in [0.2, 0.25) is 0 Å². The average molecular weight is 430 g/mol. The second-order valence-electron chi connectivity index (χ2n) is 6.84. The van der Waals surface area contributed by atoms with Crippen LogP contribution in [0.3, 0.4) is 0 Å². The molecule has 1 atom stereocenters. The molecule has 0 heterocycles. The molecule has 0 saturated heterocycles. The topological polar surface area (TPSA) is 21.3 Å². The highest BCUT2D eigenvalue weighted by atomic mass is 32.1. The van der Waals surface area contributed by atoms with E-state index in [1.54, 1.807) is 0 Å². The summed E-state index contributed by atoms with van der Waals surface area (Å²) in [5, 5.41) is 3.25. The Hall–Kier alpha value is -2.86. The Bertz CT molecular complexity index is 928. The molecule has 0 aliphatic heterocycles. The van der Waals surface area contributed by atoms with E-state index in [0.717, 1.165) is 28.2 Å². The summed E-state index contributed by atoms with van der Waals surface area (Å²) in [7, 11) is 0. The van der Waals surface area contributed by atoms with Crippen molar-refractivity contribution in [1.29, 1.82) is 0 Å². The van der Waals surface area contributed by atoms with Gasteiger partial charge in [0.05, 0.1) is 10.6 Å². The van der Waals surface area contributed by atoms with E-state index in [-0.39, 0.29) is 6.10 Å². The molecule has 0 aliphatic rings. The highest BCUT2D eigenvalue weighted by molar-refractivity contribution is 7.80. The molecule has 3 rings (SSSR count). The van der Waals surface area contributed by atoms with Gasteiger partial charge >= 0.3 is 6.18 Å². The molecule has 0 aromatic heterocycles. The fourth-order valence-electron chi connectivity index (χ4n) is 3.03.